The van der Waals surface area contributed by atoms with E-state index >= 15 is 0 Å². The van der Waals surface area contributed by atoms with Gasteiger partial charge in [0.1, 0.15) is 4.88 Å². The number of aromatic nitrogens is 1. The number of aliphatic carboxylic acids is 1. The summed E-state index contributed by atoms with van der Waals surface area (Å²) in [6.07, 6.45) is 3.38. The minimum Gasteiger partial charge on any atom is -0.481 e. The normalized spacial score (nSPS) is 27.9. The fourth-order valence-electron chi connectivity index (χ4n) is 3.74. The van der Waals surface area contributed by atoms with Crippen molar-refractivity contribution in [3.8, 4) is 0 Å². The largest absolute Gasteiger partial charge is 0.481 e. The van der Waals surface area contributed by atoms with Crippen LogP contribution in [0.4, 0.5) is 0 Å². The van der Waals surface area contributed by atoms with E-state index in [9.17, 15) is 14.7 Å². The molecule has 0 bridgehead atoms. The van der Waals surface area contributed by atoms with Crippen molar-refractivity contribution in [1.82, 2.24) is 9.88 Å². The molecule has 1 saturated carbocycles. The van der Waals surface area contributed by atoms with Gasteiger partial charge < -0.3 is 10.0 Å². The van der Waals surface area contributed by atoms with E-state index in [1.165, 1.54) is 11.3 Å². The molecule has 0 unspecified atom stereocenters. The maximum atomic E-state index is 12.7. The predicted molar refractivity (Wildman–Crippen MR) is 79.5 cm³/mol. The molecule has 2 atom stereocenters. The third-order valence-corrected chi connectivity index (χ3v) is 6.21. The van der Waals surface area contributed by atoms with Gasteiger partial charge in [-0.3, -0.25) is 9.59 Å². The van der Waals surface area contributed by atoms with Crippen molar-refractivity contribution < 1.29 is 14.7 Å². The fourth-order valence-corrected chi connectivity index (χ4v) is 4.71. The topological polar surface area (TPSA) is 70.5 Å². The van der Waals surface area contributed by atoms with Crippen molar-refractivity contribution in [2.45, 2.75) is 39.5 Å². The summed E-state index contributed by atoms with van der Waals surface area (Å²) in [7, 11) is 0. The number of amides is 1. The highest BCUT2D eigenvalue weighted by atomic mass is 32.1. The monoisotopic (exact) mass is 308 g/mol. The third-order valence-electron chi connectivity index (χ3n) is 4.92. The number of hydrogen-bond donors (Lipinski definition) is 1. The number of carbonyl (C=O) groups excluding carboxylic acids is 1. The van der Waals surface area contributed by atoms with Gasteiger partial charge in [0.25, 0.3) is 5.91 Å². The summed E-state index contributed by atoms with van der Waals surface area (Å²) in [5.74, 6) is -0.673. The van der Waals surface area contributed by atoms with Gasteiger partial charge in [0.2, 0.25) is 0 Å². The van der Waals surface area contributed by atoms with E-state index in [-0.39, 0.29) is 11.8 Å². The minimum absolute atomic E-state index is 0.0419. The van der Waals surface area contributed by atoms with Gasteiger partial charge in [-0.2, -0.15) is 0 Å². The van der Waals surface area contributed by atoms with Crippen molar-refractivity contribution in [2.75, 3.05) is 13.1 Å². The summed E-state index contributed by atoms with van der Waals surface area (Å²) < 4.78 is 0. The quantitative estimate of drug-likeness (QED) is 0.930. The maximum absolute atomic E-state index is 12.7. The molecule has 3 rings (SSSR count). The molecule has 1 aliphatic carbocycles. The van der Waals surface area contributed by atoms with Crippen molar-refractivity contribution >= 4 is 23.2 Å². The molecule has 1 amide bonds. The Morgan fingerprint density at radius 1 is 1.52 bits per heavy atom. The molecule has 1 aliphatic heterocycles. The third kappa shape index (κ3) is 2.16. The summed E-state index contributed by atoms with van der Waals surface area (Å²) in [4.78, 5) is 31.2. The van der Waals surface area contributed by atoms with Crippen LogP contribution in [0.15, 0.2) is 0 Å². The van der Waals surface area contributed by atoms with Crippen LogP contribution >= 0.6 is 11.3 Å². The number of carboxylic acid groups (broad SMARTS) is 1. The zero-order chi connectivity index (χ0) is 15.2. The first-order valence-corrected chi connectivity index (χ1v) is 8.28. The zero-order valence-electron chi connectivity index (χ0n) is 12.4. The van der Waals surface area contributed by atoms with Crippen molar-refractivity contribution in [3.05, 3.63) is 15.6 Å². The van der Waals surface area contributed by atoms with Crippen LogP contribution in [0.1, 0.15) is 46.6 Å². The lowest BCUT2D eigenvalue weighted by molar-refractivity contribution is -0.149. The van der Waals surface area contributed by atoms with Gasteiger partial charge in [-0.25, -0.2) is 4.98 Å². The predicted octanol–water partition coefficient (Wildman–Crippen LogP) is 2.34. The van der Waals surface area contributed by atoms with Gasteiger partial charge in [0.15, 0.2) is 0 Å². The van der Waals surface area contributed by atoms with Gasteiger partial charge in [0, 0.05) is 13.1 Å². The van der Waals surface area contributed by atoms with E-state index < -0.39 is 11.4 Å². The standard InChI is InChI=1S/C15H20N2O3S/c1-3-11-16-9(2)12(21-11)13(18)17-7-10-5-4-6-15(10,8-17)14(19)20/h10H,3-8H2,1-2H3,(H,19,20)/t10-,15+/m0/s1. The van der Waals surface area contributed by atoms with Gasteiger partial charge >= 0.3 is 5.97 Å². The van der Waals surface area contributed by atoms with E-state index in [4.69, 9.17) is 0 Å². The van der Waals surface area contributed by atoms with Crippen LogP contribution in [-0.4, -0.2) is 40.0 Å². The number of carboxylic acids is 1. The van der Waals surface area contributed by atoms with Crippen molar-refractivity contribution in [2.24, 2.45) is 11.3 Å². The molecule has 0 spiro atoms. The molecule has 1 aromatic rings. The number of thiazole rings is 1. The van der Waals surface area contributed by atoms with E-state index in [0.717, 1.165) is 30.0 Å². The summed E-state index contributed by atoms with van der Waals surface area (Å²) in [5.41, 5.74) is 0.0604. The average molecular weight is 308 g/mol. The highest BCUT2D eigenvalue weighted by Crippen LogP contribution is 2.49. The molecule has 0 radical (unpaired) electrons. The Hall–Kier alpha value is -1.43. The Balaban J connectivity index is 1.84. The smallest absolute Gasteiger partial charge is 0.311 e. The molecule has 2 heterocycles. The molecular weight excluding hydrogens is 288 g/mol. The fraction of sp³-hybridized carbons (Fsp3) is 0.667. The number of fused-ring (bicyclic) bond motifs is 1. The molecule has 5 nitrogen and oxygen atoms in total. The Labute approximate surface area is 128 Å². The van der Waals surface area contributed by atoms with Gasteiger partial charge in [0.05, 0.1) is 16.1 Å². The maximum Gasteiger partial charge on any atom is 0.311 e. The Bertz CT molecular complexity index is 598. The summed E-state index contributed by atoms with van der Waals surface area (Å²) in [6.45, 7) is 4.80. The molecule has 2 fully saturated rings. The SMILES string of the molecule is CCc1nc(C)c(C(=O)N2C[C@@H]3CCC[C@@]3(C(=O)O)C2)s1. The second-order valence-electron chi connectivity index (χ2n) is 6.11. The Morgan fingerprint density at radius 3 is 2.86 bits per heavy atom. The summed E-state index contributed by atoms with van der Waals surface area (Å²) in [6, 6.07) is 0. The van der Waals surface area contributed by atoms with E-state index in [0.29, 0.717) is 24.4 Å². The second kappa shape index (κ2) is 5.09. The highest BCUT2D eigenvalue weighted by molar-refractivity contribution is 7.13. The van der Waals surface area contributed by atoms with Crippen LogP contribution in [0, 0.1) is 18.3 Å². The molecule has 1 aromatic heterocycles. The minimum atomic E-state index is -0.740. The van der Waals surface area contributed by atoms with Crippen LogP contribution in [-0.2, 0) is 11.2 Å². The zero-order valence-corrected chi connectivity index (χ0v) is 13.2. The first kappa shape index (κ1) is 14.5. The molecule has 21 heavy (non-hydrogen) atoms. The molecule has 0 aromatic carbocycles. The van der Waals surface area contributed by atoms with E-state index in [2.05, 4.69) is 4.98 Å². The Morgan fingerprint density at radius 2 is 2.29 bits per heavy atom. The summed E-state index contributed by atoms with van der Waals surface area (Å²) in [5, 5.41) is 10.6. The van der Waals surface area contributed by atoms with Crippen LogP contribution in [0.3, 0.4) is 0 Å². The Kier molecular flexibility index (Phi) is 3.51. The van der Waals surface area contributed by atoms with Crippen LogP contribution in [0.5, 0.6) is 0 Å². The number of aryl methyl sites for hydroxylation is 2. The van der Waals surface area contributed by atoms with Gasteiger partial charge in [-0.15, -0.1) is 11.3 Å². The average Bonchev–Trinajstić information content (AvgIpc) is 3.08. The summed E-state index contributed by atoms with van der Waals surface area (Å²) >= 11 is 1.44. The van der Waals surface area contributed by atoms with Crippen LogP contribution in [0.2, 0.25) is 0 Å². The molecule has 6 heteroatoms. The number of rotatable bonds is 3. The molecule has 1 N–H and O–H groups in total. The van der Waals surface area contributed by atoms with Crippen molar-refractivity contribution in [1.29, 1.82) is 0 Å². The lowest BCUT2D eigenvalue weighted by Gasteiger charge is -2.23. The lowest BCUT2D eigenvalue weighted by Crippen LogP contribution is -2.37. The van der Waals surface area contributed by atoms with Crippen molar-refractivity contribution in [3.63, 3.8) is 0 Å². The van der Waals surface area contributed by atoms with Crippen LogP contribution < -0.4 is 0 Å². The molecule has 1 saturated heterocycles. The van der Waals surface area contributed by atoms with Gasteiger partial charge in [-0.1, -0.05) is 13.3 Å². The van der Waals surface area contributed by atoms with E-state index in [1.54, 1.807) is 4.90 Å². The molecule has 2 aliphatic rings. The molecule has 114 valence electrons. The van der Waals surface area contributed by atoms with Gasteiger partial charge in [-0.05, 0) is 32.1 Å². The molecular formula is C15H20N2O3S. The van der Waals surface area contributed by atoms with Crippen LogP contribution in [0.25, 0.3) is 0 Å². The lowest BCUT2D eigenvalue weighted by atomic mass is 9.81. The highest BCUT2D eigenvalue weighted by Gasteiger charge is 2.56. The number of carbonyl (C=O) groups is 2. The second-order valence-corrected chi connectivity index (χ2v) is 7.20. The number of hydrogen-bond acceptors (Lipinski definition) is 4. The number of likely N-dealkylation sites (tertiary alicyclic amines) is 1. The number of nitrogens with zero attached hydrogens (tertiary/aromatic N) is 2. The van der Waals surface area contributed by atoms with E-state index in [1.807, 2.05) is 13.8 Å². The first-order chi connectivity index (χ1) is 9.98. The first-order valence-electron chi connectivity index (χ1n) is 7.47.